The lowest BCUT2D eigenvalue weighted by Gasteiger charge is -2.09. The molecule has 7 nitrogen and oxygen atoms in total. The van der Waals surface area contributed by atoms with Crippen molar-refractivity contribution in [2.24, 2.45) is 0 Å². The number of rotatable bonds is 4. The molecule has 0 aliphatic carbocycles. The molecule has 0 saturated heterocycles. The van der Waals surface area contributed by atoms with Gasteiger partial charge in [-0.15, -0.1) is 10.2 Å². The van der Waals surface area contributed by atoms with Crippen LogP contribution in [0.25, 0.3) is 0 Å². The first-order chi connectivity index (χ1) is 9.54. The molecular formula is C12H12N4O3S. The summed E-state index contributed by atoms with van der Waals surface area (Å²) in [5, 5.41) is 22.6. The molecule has 104 valence electrons. The maximum atomic E-state index is 11.8. The van der Waals surface area contributed by atoms with Gasteiger partial charge in [0.25, 0.3) is 0 Å². The predicted molar refractivity (Wildman–Crippen MR) is 75.1 cm³/mol. The van der Waals surface area contributed by atoms with Gasteiger partial charge in [0.15, 0.2) is 0 Å². The van der Waals surface area contributed by atoms with Crippen LogP contribution in [-0.2, 0) is 11.2 Å². The molecule has 3 N–H and O–H groups in total. The Bertz CT molecular complexity index is 641. The third kappa shape index (κ3) is 3.75. The summed E-state index contributed by atoms with van der Waals surface area (Å²) in [6, 6.07) is 6.24. The quantitative estimate of drug-likeness (QED) is 0.800. The Labute approximate surface area is 118 Å². The molecule has 2 rings (SSSR count). The summed E-state index contributed by atoms with van der Waals surface area (Å²) in [7, 11) is 0. The van der Waals surface area contributed by atoms with Crippen molar-refractivity contribution < 1.29 is 14.7 Å². The molecule has 1 aromatic carbocycles. The highest BCUT2D eigenvalue weighted by atomic mass is 32.1. The van der Waals surface area contributed by atoms with E-state index in [1.165, 1.54) is 11.3 Å². The number of nitrogens with zero attached hydrogens (tertiary/aromatic N) is 2. The van der Waals surface area contributed by atoms with Gasteiger partial charge in [0.2, 0.25) is 5.13 Å². The van der Waals surface area contributed by atoms with Crippen LogP contribution in [0.4, 0.5) is 15.6 Å². The third-order valence-electron chi connectivity index (χ3n) is 2.35. The van der Waals surface area contributed by atoms with E-state index in [0.717, 1.165) is 5.01 Å². The van der Waals surface area contributed by atoms with Crippen LogP contribution in [-0.4, -0.2) is 27.3 Å². The normalized spacial score (nSPS) is 10.1. The molecular weight excluding hydrogens is 280 g/mol. The highest BCUT2D eigenvalue weighted by molar-refractivity contribution is 7.15. The van der Waals surface area contributed by atoms with E-state index in [4.69, 9.17) is 5.11 Å². The molecule has 0 aliphatic heterocycles. The minimum Gasteiger partial charge on any atom is -0.481 e. The topological polar surface area (TPSA) is 104 Å². The number of carboxylic acid groups (broad SMARTS) is 1. The maximum absolute atomic E-state index is 11.8. The zero-order valence-electron chi connectivity index (χ0n) is 10.6. The molecule has 2 amide bonds. The molecule has 1 heterocycles. The smallest absolute Gasteiger partial charge is 0.325 e. The zero-order chi connectivity index (χ0) is 14.5. The summed E-state index contributed by atoms with van der Waals surface area (Å²) < 4.78 is 0. The monoisotopic (exact) mass is 292 g/mol. The predicted octanol–water partition coefficient (Wildman–Crippen LogP) is 2.12. The van der Waals surface area contributed by atoms with Crippen LogP contribution in [0.3, 0.4) is 0 Å². The van der Waals surface area contributed by atoms with Gasteiger partial charge in [0.1, 0.15) is 5.01 Å². The second-order valence-electron chi connectivity index (χ2n) is 3.93. The summed E-state index contributed by atoms with van der Waals surface area (Å²) in [5.74, 6) is -0.959. The first kappa shape index (κ1) is 13.9. The van der Waals surface area contributed by atoms with Gasteiger partial charge in [0.05, 0.1) is 6.42 Å². The summed E-state index contributed by atoms with van der Waals surface area (Å²) >= 11 is 1.25. The zero-order valence-corrected chi connectivity index (χ0v) is 11.4. The van der Waals surface area contributed by atoms with Crippen LogP contribution in [0, 0.1) is 6.92 Å². The van der Waals surface area contributed by atoms with Gasteiger partial charge in [-0.25, -0.2) is 4.79 Å². The fourth-order valence-electron chi connectivity index (χ4n) is 1.56. The van der Waals surface area contributed by atoms with Gasteiger partial charge >= 0.3 is 12.0 Å². The Morgan fingerprint density at radius 3 is 2.65 bits per heavy atom. The number of carbonyl (C=O) groups excluding carboxylic acids is 1. The molecule has 0 spiro atoms. The number of benzene rings is 1. The number of aromatic nitrogens is 2. The van der Waals surface area contributed by atoms with Gasteiger partial charge in [-0.2, -0.15) is 0 Å². The van der Waals surface area contributed by atoms with Gasteiger partial charge in [-0.05, 0) is 18.6 Å². The molecule has 0 atom stereocenters. The van der Waals surface area contributed by atoms with Crippen molar-refractivity contribution in [2.45, 2.75) is 13.3 Å². The van der Waals surface area contributed by atoms with Crippen molar-refractivity contribution in [2.75, 3.05) is 10.6 Å². The Kier molecular flexibility index (Phi) is 4.26. The summed E-state index contributed by atoms with van der Waals surface area (Å²) in [6.07, 6.45) is -0.158. The van der Waals surface area contributed by atoms with E-state index < -0.39 is 12.0 Å². The molecule has 0 fully saturated rings. The number of hydrogen-bond donors (Lipinski definition) is 3. The fourth-order valence-corrected chi connectivity index (χ4v) is 2.14. The van der Waals surface area contributed by atoms with E-state index in [1.807, 2.05) is 0 Å². The standard InChI is InChI=1S/C12H12N4O3S/c1-7-15-16-12(20-7)14-11(19)13-9-5-3-2-4-8(9)6-10(17)18/h2-5H,6H2,1H3,(H,17,18)(H2,13,14,16,19). The van der Waals surface area contributed by atoms with Crippen molar-refractivity contribution in [1.82, 2.24) is 10.2 Å². The number of urea groups is 1. The SMILES string of the molecule is Cc1nnc(NC(=O)Nc2ccccc2CC(=O)O)s1. The number of anilines is 2. The fraction of sp³-hybridized carbons (Fsp3) is 0.167. The number of carboxylic acids is 1. The summed E-state index contributed by atoms with van der Waals surface area (Å²) in [4.78, 5) is 22.6. The minimum absolute atomic E-state index is 0.158. The van der Waals surface area contributed by atoms with Gasteiger partial charge in [0, 0.05) is 5.69 Å². The maximum Gasteiger partial charge on any atom is 0.325 e. The van der Waals surface area contributed by atoms with E-state index in [9.17, 15) is 9.59 Å². The van der Waals surface area contributed by atoms with Crippen molar-refractivity contribution in [1.29, 1.82) is 0 Å². The number of hydrogen-bond acceptors (Lipinski definition) is 5. The number of aliphatic carboxylic acids is 1. The van der Waals surface area contributed by atoms with Crippen LogP contribution in [0.1, 0.15) is 10.6 Å². The Hall–Kier alpha value is -2.48. The number of aryl methyl sites for hydroxylation is 1. The minimum atomic E-state index is -0.959. The highest BCUT2D eigenvalue weighted by Crippen LogP contribution is 2.17. The Morgan fingerprint density at radius 1 is 1.25 bits per heavy atom. The van der Waals surface area contributed by atoms with Crippen molar-refractivity contribution in [3.8, 4) is 0 Å². The summed E-state index contributed by atoms with van der Waals surface area (Å²) in [5.41, 5.74) is 0.984. The first-order valence-corrected chi connectivity index (χ1v) is 6.54. The highest BCUT2D eigenvalue weighted by Gasteiger charge is 2.10. The lowest BCUT2D eigenvalue weighted by Crippen LogP contribution is -2.20. The molecule has 20 heavy (non-hydrogen) atoms. The van der Waals surface area contributed by atoms with E-state index >= 15 is 0 Å². The molecule has 0 saturated carbocycles. The van der Waals surface area contributed by atoms with Crippen LogP contribution in [0.5, 0.6) is 0 Å². The molecule has 0 radical (unpaired) electrons. The van der Waals surface area contributed by atoms with E-state index in [2.05, 4.69) is 20.8 Å². The van der Waals surface area contributed by atoms with Crippen molar-refractivity contribution >= 4 is 34.2 Å². The molecule has 0 unspecified atom stereocenters. The molecule has 0 bridgehead atoms. The second kappa shape index (κ2) is 6.11. The largest absolute Gasteiger partial charge is 0.481 e. The molecule has 1 aromatic heterocycles. The van der Waals surface area contributed by atoms with Crippen LogP contribution in [0.2, 0.25) is 0 Å². The molecule has 8 heteroatoms. The lowest BCUT2D eigenvalue weighted by molar-refractivity contribution is -0.136. The Balaban J connectivity index is 2.05. The number of amides is 2. The van der Waals surface area contributed by atoms with Crippen molar-refractivity contribution in [3.05, 3.63) is 34.8 Å². The van der Waals surface area contributed by atoms with E-state index in [1.54, 1.807) is 31.2 Å². The second-order valence-corrected chi connectivity index (χ2v) is 5.11. The van der Waals surface area contributed by atoms with E-state index in [0.29, 0.717) is 16.4 Å². The number of para-hydroxylation sites is 1. The van der Waals surface area contributed by atoms with Crippen LogP contribution < -0.4 is 10.6 Å². The lowest BCUT2D eigenvalue weighted by atomic mass is 10.1. The average molecular weight is 292 g/mol. The number of carbonyl (C=O) groups is 2. The van der Waals surface area contributed by atoms with E-state index in [-0.39, 0.29) is 6.42 Å². The summed E-state index contributed by atoms with van der Waals surface area (Å²) in [6.45, 7) is 1.78. The third-order valence-corrected chi connectivity index (χ3v) is 3.11. The van der Waals surface area contributed by atoms with Gasteiger partial charge < -0.3 is 10.4 Å². The van der Waals surface area contributed by atoms with Crippen LogP contribution in [0.15, 0.2) is 24.3 Å². The first-order valence-electron chi connectivity index (χ1n) is 5.72. The van der Waals surface area contributed by atoms with Crippen LogP contribution >= 0.6 is 11.3 Å². The van der Waals surface area contributed by atoms with Crippen molar-refractivity contribution in [3.63, 3.8) is 0 Å². The van der Waals surface area contributed by atoms with Gasteiger partial charge in [-0.3, -0.25) is 10.1 Å². The average Bonchev–Trinajstić information content (AvgIpc) is 2.76. The molecule has 0 aliphatic rings. The Morgan fingerprint density at radius 2 is 2.00 bits per heavy atom. The number of nitrogens with one attached hydrogen (secondary N) is 2. The molecule has 2 aromatic rings. The van der Waals surface area contributed by atoms with Gasteiger partial charge in [-0.1, -0.05) is 29.5 Å².